The first-order valence-corrected chi connectivity index (χ1v) is 8.46. The second kappa shape index (κ2) is 9.29. The van der Waals surface area contributed by atoms with E-state index in [4.69, 9.17) is 0 Å². The Bertz CT molecular complexity index is 768. The van der Waals surface area contributed by atoms with Gasteiger partial charge in [0.1, 0.15) is 11.6 Å². The van der Waals surface area contributed by atoms with Gasteiger partial charge < -0.3 is 10.6 Å². The molecule has 128 valence electrons. The summed E-state index contributed by atoms with van der Waals surface area (Å²) in [6.07, 6.45) is 4.77. The van der Waals surface area contributed by atoms with Gasteiger partial charge in [-0.3, -0.25) is 4.79 Å². The summed E-state index contributed by atoms with van der Waals surface area (Å²) in [6, 6.07) is 17.4. The molecule has 0 fully saturated rings. The van der Waals surface area contributed by atoms with E-state index in [1.54, 1.807) is 0 Å². The van der Waals surface area contributed by atoms with E-state index in [9.17, 15) is 10.1 Å². The van der Waals surface area contributed by atoms with Gasteiger partial charge in [0.2, 0.25) is 0 Å². The van der Waals surface area contributed by atoms with Gasteiger partial charge >= 0.3 is 0 Å². The first kappa shape index (κ1) is 18.3. The molecule has 2 aromatic rings. The van der Waals surface area contributed by atoms with Crippen LogP contribution in [0.1, 0.15) is 30.9 Å². The highest BCUT2D eigenvalue weighted by atomic mass is 16.1. The zero-order valence-corrected chi connectivity index (χ0v) is 14.7. The smallest absolute Gasteiger partial charge is 0.267 e. The minimum Gasteiger partial charge on any atom is -0.360 e. The monoisotopic (exact) mass is 333 g/mol. The van der Waals surface area contributed by atoms with Gasteiger partial charge in [-0.1, -0.05) is 43.2 Å². The van der Waals surface area contributed by atoms with Crippen molar-refractivity contribution < 1.29 is 4.79 Å². The third-order valence-electron chi connectivity index (χ3n) is 3.83. The van der Waals surface area contributed by atoms with Gasteiger partial charge in [0.25, 0.3) is 5.91 Å². The van der Waals surface area contributed by atoms with E-state index in [1.807, 2.05) is 61.5 Å². The van der Waals surface area contributed by atoms with Gasteiger partial charge in [0, 0.05) is 17.6 Å². The number of unbranched alkanes of at least 4 members (excludes halogenated alkanes) is 1. The van der Waals surface area contributed by atoms with Crippen LogP contribution in [-0.2, 0) is 11.2 Å². The van der Waals surface area contributed by atoms with Gasteiger partial charge in [0.15, 0.2) is 0 Å². The van der Waals surface area contributed by atoms with Crippen LogP contribution in [-0.4, -0.2) is 5.91 Å². The Morgan fingerprint density at radius 2 is 1.72 bits per heavy atom. The number of nitrogens with one attached hydrogen (secondary N) is 2. The van der Waals surface area contributed by atoms with E-state index in [1.165, 1.54) is 11.8 Å². The number of nitrogens with zero attached hydrogens (tertiary/aromatic N) is 1. The van der Waals surface area contributed by atoms with Crippen molar-refractivity contribution in [3.8, 4) is 6.07 Å². The van der Waals surface area contributed by atoms with Crippen molar-refractivity contribution in [1.82, 2.24) is 0 Å². The van der Waals surface area contributed by atoms with E-state index in [-0.39, 0.29) is 5.57 Å². The Morgan fingerprint density at radius 1 is 1.08 bits per heavy atom. The summed E-state index contributed by atoms with van der Waals surface area (Å²) in [7, 11) is 0. The highest BCUT2D eigenvalue weighted by molar-refractivity contribution is 6.06. The summed E-state index contributed by atoms with van der Waals surface area (Å²) < 4.78 is 0. The summed E-state index contributed by atoms with van der Waals surface area (Å²) in [6.45, 7) is 4.16. The van der Waals surface area contributed by atoms with Crippen molar-refractivity contribution in [1.29, 1.82) is 5.26 Å². The van der Waals surface area contributed by atoms with Crippen LogP contribution in [0.25, 0.3) is 0 Å². The lowest BCUT2D eigenvalue weighted by molar-refractivity contribution is -0.112. The Balaban J connectivity index is 1.98. The number of hydrogen-bond donors (Lipinski definition) is 2. The standard InChI is InChI=1S/C21H23N3O/c1-3-4-5-17-8-12-20(13-9-17)24-21(25)18(14-22)15-23-19-10-6-16(2)7-11-19/h6-13,15,23H,3-5H2,1-2H3,(H,24,25)/b18-15-. The van der Waals surface area contributed by atoms with Crippen LogP contribution in [0.2, 0.25) is 0 Å². The van der Waals surface area contributed by atoms with Crippen molar-refractivity contribution in [2.75, 3.05) is 10.6 Å². The summed E-state index contributed by atoms with van der Waals surface area (Å²) in [5, 5.41) is 14.9. The number of rotatable bonds is 7. The van der Waals surface area contributed by atoms with Crippen molar-refractivity contribution in [3.05, 3.63) is 71.4 Å². The van der Waals surface area contributed by atoms with Gasteiger partial charge in [0.05, 0.1) is 0 Å². The molecule has 0 unspecified atom stereocenters. The lowest BCUT2D eigenvalue weighted by atomic mass is 10.1. The normalized spacial score (nSPS) is 10.8. The number of carbonyl (C=O) groups excluding carboxylic acids is 1. The van der Waals surface area contributed by atoms with Crippen molar-refractivity contribution in [3.63, 3.8) is 0 Å². The molecule has 1 amide bonds. The maximum Gasteiger partial charge on any atom is 0.267 e. The van der Waals surface area contributed by atoms with Crippen LogP contribution in [0.15, 0.2) is 60.3 Å². The molecule has 25 heavy (non-hydrogen) atoms. The van der Waals surface area contributed by atoms with E-state index in [0.29, 0.717) is 5.69 Å². The molecular formula is C21H23N3O. The van der Waals surface area contributed by atoms with Crippen molar-refractivity contribution >= 4 is 17.3 Å². The number of amides is 1. The molecule has 0 bridgehead atoms. The molecule has 0 saturated carbocycles. The van der Waals surface area contributed by atoms with E-state index >= 15 is 0 Å². The average Bonchev–Trinajstić information content (AvgIpc) is 2.63. The molecule has 0 saturated heterocycles. The molecule has 0 aliphatic heterocycles. The van der Waals surface area contributed by atoms with E-state index in [0.717, 1.165) is 30.5 Å². The fraction of sp³-hybridized carbons (Fsp3) is 0.238. The van der Waals surface area contributed by atoms with Gasteiger partial charge in [-0.25, -0.2) is 0 Å². The SMILES string of the molecule is CCCCc1ccc(NC(=O)/C(C#N)=C\Nc2ccc(C)cc2)cc1. The second-order valence-electron chi connectivity index (χ2n) is 5.93. The molecule has 0 radical (unpaired) electrons. The minimum absolute atomic E-state index is 0.0237. The number of hydrogen-bond acceptors (Lipinski definition) is 3. The van der Waals surface area contributed by atoms with Gasteiger partial charge in [-0.15, -0.1) is 0 Å². The third-order valence-corrected chi connectivity index (χ3v) is 3.83. The minimum atomic E-state index is -0.427. The fourth-order valence-corrected chi connectivity index (χ4v) is 2.29. The van der Waals surface area contributed by atoms with Crippen LogP contribution in [0.3, 0.4) is 0 Å². The summed E-state index contributed by atoms with van der Waals surface area (Å²) in [5.74, 6) is -0.427. The predicted octanol–water partition coefficient (Wildman–Crippen LogP) is 4.80. The molecule has 4 nitrogen and oxygen atoms in total. The number of anilines is 2. The maximum absolute atomic E-state index is 12.2. The molecule has 0 spiro atoms. The van der Waals surface area contributed by atoms with Crippen LogP contribution < -0.4 is 10.6 Å². The molecule has 0 atom stereocenters. The number of benzene rings is 2. The Labute approximate surface area is 149 Å². The van der Waals surface area contributed by atoms with Crippen molar-refractivity contribution in [2.24, 2.45) is 0 Å². The topological polar surface area (TPSA) is 64.9 Å². The Morgan fingerprint density at radius 3 is 2.32 bits per heavy atom. The highest BCUT2D eigenvalue weighted by Gasteiger charge is 2.09. The van der Waals surface area contributed by atoms with E-state index in [2.05, 4.69) is 17.6 Å². The lowest BCUT2D eigenvalue weighted by Crippen LogP contribution is -2.14. The highest BCUT2D eigenvalue weighted by Crippen LogP contribution is 2.13. The third kappa shape index (κ3) is 5.82. The summed E-state index contributed by atoms with van der Waals surface area (Å²) in [4.78, 5) is 12.2. The molecule has 0 aliphatic rings. The van der Waals surface area contributed by atoms with Crippen LogP contribution in [0.5, 0.6) is 0 Å². The molecule has 0 aromatic heterocycles. The van der Waals surface area contributed by atoms with Gasteiger partial charge in [-0.2, -0.15) is 5.26 Å². The van der Waals surface area contributed by atoms with Crippen LogP contribution >= 0.6 is 0 Å². The average molecular weight is 333 g/mol. The molecule has 4 heteroatoms. The molecule has 0 heterocycles. The number of nitriles is 1. The maximum atomic E-state index is 12.2. The zero-order valence-electron chi connectivity index (χ0n) is 14.7. The van der Waals surface area contributed by atoms with Crippen LogP contribution in [0.4, 0.5) is 11.4 Å². The quantitative estimate of drug-likeness (QED) is 0.565. The van der Waals surface area contributed by atoms with Crippen LogP contribution in [0, 0.1) is 18.3 Å². The largest absolute Gasteiger partial charge is 0.360 e. The number of carbonyl (C=O) groups is 1. The molecule has 2 rings (SSSR count). The lowest BCUT2D eigenvalue weighted by Gasteiger charge is -2.07. The predicted molar refractivity (Wildman–Crippen MR) is 102 cm³/mol. The first-order valence-electron chi connectivity index (χ1n) is 8.46. The number of aryl methyl sites for hydroxylation is 2. The fourth-order valence-electron chi connectivity index (χ4n) is 2.29. The van der Waals surface area contributed by atoms with Gasteiger partial charge in [-0.05, 0) is 49.6 Å². The second-order valence-corrected chi connectivity index (χ2v) is 5.93. The zero-order chi connectivity index (χ0) is 18.1. The van der Waals surface area contributed by atoms with E-state index < -0.39 is 5.91 Å². The Kier molecular flexibility index (Phi) is 6.79. The van der Waals surface area contributed by atoms with Crippen molar-refractivity contribution in [2.45, 2.75) is 33.1 Å². The Hall–Kier alpha value is -3.06. The molecule has 2 N–H and O–H groups in total. The molecule has 0 aliphatic carbocycles. The summed E-state index contributed by atoms with van der Waals surface area (Å²) >= 11 is 0. The first-order chi connectivity index (χ1) is 12.1. The molecule has 2 aromatic carbocycles. The molecular weight excluding hydrogens is 310 g/mol. The summed E-state index contributed by atoms with van der Waals surface area (Å²) in [5.41, 5.74) is 3.93.